The summed E-state index contributed by atoms with van der Waals surface area (Å²) in [5, 5.41) is 8.46. The average molecular weight is 200 g/mol. The molecule has 14 heavy (non-hydrogen) atoms. The number of aliphatic hydroxyl groups is 1. The van der Waals surface area contributed by atoms with Gasteiger partial charge in [-0.1, -0.05) is 6.58 Å². The summed E-state index contributed by atoms with van der Waals surface area (Å²) in [6.45, 7) is 4.28. The van der Waals surface area contributed by atoms with Gasteiger partial charge in [0.2, 0.25) is 0 Å². The Kier molecular flexibility index (Phi) is 5.40. The van der Waals surface area contributed by atoms with E-state index < -0.39 is 18.4 Å². The van der Waals surface area contributed by atoms with Gasteiger partial charge in [0.25, 0.3) is 0 Å². The van der Waals surface area contributed by atoms with Gasteiger partial charge in [-0.25, -0.2) is 4.79 Å². The van der Waals surface area contributed by atoms with Crippen LogP contribution >= 0.6 is 0 Å². The molecule has 0 aromatic rings. The molecule has 0 aliphatic carbocycles. The van der Waals surface area contributed by atoms with Crippen LogP contribution in [0.3, 0.4) is 0 Å². The highest BCUT2D eigenvalue weighted by Crippen LogP contribution is 2.01. The molecular formula is C9H12O5. The smallest absolute Gasteiger partial charge is 0.341 e. The average Bonchev–Trinajstić information content (AvgIpc) is 2.02. The largest absolute Gasteiger partial charge is 0.396 e. The number of hydrogen-bond acceptors (Lipinski definition) is 5. The van der Waals surface area contributed by atoms with Crippen LogP contribution in [0.1, 0.15) is 19.8 Å². The summed E-state index contributed by atoms with van der Waals surface area (Å²) in [5.74, 6) is -2.18. The molecule has 0 amide bonds. The predicted molar refractivity (Wildman–Crippen MR) is 47.2 cm³/mol. The maximum atomic E-state index is 11.0. The van der Waals surface area contributed by atoms with Crippen LogP contribution in [0.5, 0.6) is 0 Å². The first-order valence-corrected chi connectivity index (χ1v) is 4.00. The number of carbonyl (C=O) groups is 3. The number of carbonyl (C=O) groups excluding carboxylic acids is 3. The normalized spacial score (nSPS) is 9.29. The molecule has 0 saturated heterocycles. The van der Waals surface area contributed by atoms with Crippen molar-refractivity contribution in [2.24, 2.45) is 0 Å². The Hall–Kier alpha value is -1.49. The van der Waals surface area contributed by atoms with Crippen LogP contribution < -0.4 is 0 Å². The molecule has 0 aromatic carbocycles. The van der Waals surface area contributed by atoms with Crippen molar-refractivity contribution in [3.63, 3.8) is 0 Å². The van der Waals surface area contributed by atoms with Gasteiger partial charge in [-0.3, -0.25) is 9.59 Å². The second-order valence-corrected chi connectivity index (χ2v) is 2.72. The number of aliphatic hydroxyl groups excluding tert-OH is 1. The summed E-state index contributed by atoms with van der Waals surface area (Å²) in [6, 6.07) is 0. The molecule has 0 heterocycles. The number of ketones is 1. The lowest BCUT2D eigenvalue weighted by Crippen LogP contribution is -2.16. The van der Waals surface area contributed by atoms with Crippen molar-refractivity contribution in [1.29, 1.82) is 0 Å². The van der Waals surface area contributed by atoms with Gasteiger partial charge in [0.15, 0.2) is 0 Å². The second-order valence-electron chi connectivity index (χ2n) is 2.72. The third-order valence-electron chi connectivity index (χ3n) is 1.30. The number of hydrogen-bond donors (Lipinski definition) is 1. The molecule has 5 heteroatoms. The molecule has 0 spiro atoms. The molecule has 0 rings (SSSR count). The first kappa shape index (κ1) is 12.5. The Morgan fingerprint density at radius 1 is 1.36 bits per heavy atom. The minimum absolute atomic E-state index is 0.00408. The highest BCUT2D eigenvalue weighted by Gasteiger charge is 2.14. The fourth-order valence-corrected chi connectivity index (χ4v) is 0.652. The molecule has 0 bridgehead atoms. The van der Waals surface area contributed by atoms with Crippen molar-refractivity contribution >= 4 is 17.7 Å². The van der Waals surface area contributed by atoms with E-state index in [1.54, 1.807) is 0 Å². The van der Waals surface area contributed by atoms with Gasteiger partial charge in [0.1, 0.15) is 12.2 Å². The first-order valence-electron chi connectivity index (χ1n) is 4.00. The van der Waals surface area contributed by atoms with Gasteiger partial charge in [0.05, 0.1) is 0 Å². The van der Waals surface area contributed by atoms with Gasteiger partial charge in [-0.2, -0.15) is 0 Å². The van der Waals surface area contributed by atoms with Crippen LogP contribution in [0.25, 0.3) is 0 Å². The lowest BCUT2D eigenvalue weighted by atomic mass is 10.2. The minimum Gasteiger partial charge on any atom is -0.396 e. The fraction of sp³-hybridized carbons (Fsp3) is 0.444. The zero-order valence-corrected chi connectivity index (χ0v) is 7.91. The highest BCUT2D eigenvalue weighted by atomic mass is 16.6. The third kappa shape index (κ3) is 5.21. The molecule has 5 nitrogen and oxygen atoms in total. The number of ether oxygens (including phenoxy) is 1. The first-order chi connectivity index (χ1) is 6.47. The van der Waals surface area contributed by atoms with E-state index in [1.165, 1.54) is 6.92 Å². The molecule has 0 fully saturated rings. The van der Waals surface area contributed by atoms with Crippen molar-refractivity contribution in [3.05, 3.63) is 12.2 Å². The molecule has 0 aliphatic heterocycles. The van der Waals surface area contributed by atoms with Crippen LogP contribution in [0.4, 0.5) is 0 Å². The zero-order chi connectivity index (χ0) is 11.1. The van der Waals surface area contributed by atoms with E-state index in [4.69, 9.17) is 5.11 Å². The molecule has 0 saturated carbocycles. The van der Waals surface area contributed by atoms with Crippen LogP contribution in [0.15, 0.2) is 12.2 Å². The Morgan fingerprint density at radius 2 is 1.93 bits per heavy atom. The topological polar surface area (TPSA) is 80.7 Å². The van der Waals surface area contributed by atoms with Gasteiger partial charge in [-0.05, 0) is 6.92 Å². The van der Waals surface area contributed by atoms with Crippen molar-refractivity contribution < 1.29 is 24.2 Å². The van der Waals surface area contributed by atoms with Gasteiger partial charge in [-0.15, -0.1) is 0 Å². The Labute approximate surface area is 81.4 Å². The van der Waals surface area contributed by atoms with E-state index in [1.807, 2.05) is 0 Å². The Morgan fingerprint density at radius 3 is 2.36 bits per heavy atom. The molecular weight excluding hydrogens is 188 g/mol. The molecule has 0 atom stereocenters. The second kappa shape index (κ2) is 6.04. The standard InChI is InChI=1S/C9H12O5/c1-6(3-4-10)9(13)14-8(12)5-7(2)11/h10H,1,3-5H2,2H3. The van der Waals surface area contributed by atoms with Crippen LogP contribution in [0, 0.1) is 0 Å². The lowest BCUT2D eigenvalue weighted by Gasteiger charge is -2.02. The van der Waals surface area contributed by atoms with E-state index in [2.05, 4.69) is 11.3 Å². The summed E-state index contributed by atoms with van der Waals surface area (Å²) in [6.07, 6.45) is -0.385. The highest BCUT2D eigenvalue weighted by molar-refractivity contribution is 6.01. The van der Waals surface area contributed by atoms with E-state index in [0.717, 1.165) is 0 Å². The maximum Gasteiger partial charge on any atom is 0.341 e. The van der Waals surface area contributed by atoms with E-state index >= 15 is 0 Å². The van der Waals surface area contributed by atoms with E-state index in [-0.39, 0.29) is 24.4 Å². The van der Waals surface area contributed by atoms with E-state index in [0.29, 0.717) is 0 Å². The molecule has 78 valence electrons. The van der Waals surface area contributed by atoms with Crippen molar-refractivity contribution in [3.8, 4) is 0 Å². The zero-order valence-electron chi connectivity index (χ0n) is 7.91. The van der Waals surface area contributed by atoms with Gasteiger partial charge >= 0.3 is 11.9 Å². The number of esters is 2. The SMILES string of the molecule is C=C(CCO)C(=O)OC(=O)CC(C)=O. The minimum atomic E-state index is -0.901. The summed E-state index contributed by atoms with van der Waals surface area (Å²) in [5.41, 5.74) is 0.00408. The molecule has 0 radical (unpaired) electrons. The van der Waals surface area contributed by atoms with Crippen LogP contribution in [-0.4, -0.2) is 29.4 Å². The van der Waals surface area contributed by atoms with E-state index in [9.17, 15) is 14.4 Å². The summed E-state index contributed by atoms with van der Waals surface area (Å²) < 4.78 is 4.27. The Bertz CT molecular complexity index is 266. The summed E-state index contributed by atoms with van der Waals surface area (Å²) in [7, 11) is 0. The fourth-order valence-electron chi connectivity index (χ4n) is 0.652. The maximum absolute atomic E-state index is 11.0. The molecule has 0 aromatic heterocycles. The quantitative estimate of drug-likeness (QED) is 0.383. The van der Waals surface area contributed by atoms with Crippen LogP contribution in [0.2, 0.25) is 0 Å². The van der Waals surface area contributed by atoms with Crippen molar-refractivity contribution in [2.75, 3.05) is 6.61 Å². The lowest BCUT2D eigenvalue weighted by molar-refractivity contribution is -0.157. The molecule has 0 unspecified atom stereocenters. The number of Topliss-reactive ketones (excluding diaryl/α,β-unsaturated/α-hetero) is 1. The molecule has 0 aliphatic rings. The van der Waals surface area contributed by atoms with Gasteiger partial charge in [0, 0.05) is 18.6 Å². The Balaban J connectivity index is 4.00. The third-order valence-corrected chi connectivity index (χ3v) is 1.30. The summed E-state index contributed by atoms with van der Waals surface area (Å²) in [4.78, 5) is 32.2. The number of rotatable bonds is 5. The summed E-state index contributed by atoms with van der Waals surface area (Å²) >= 11 is 0. The monoisotopic (exact) mass is 200 g/mol. The molecule has 1 N–H and O–H groups in total. The van der Waals surface area contributed by atoms with Crippen molar-refractivity contribution in [2.45, 2.75) is 19.8 Å². The predicted octanol–water partition coefficient (Wildman–Crippen LogP) is -0.0261. The van der Waals surface area contributed by atoms with Crippen molar-refractivity contribution in [1.82, 2.24) is 0 Å². The van der Waals surface area contributed by atoms with Crippen LogP contribution in [-0.2, 0) is 19.1 Å². The van der Waals surface area contributed by atoms with Gasteiger partial charge < -0.3 is 9.84 Å².